The molecule has 0 spiro atoms. The molecule has 3 atom stereocenters. The van der Waals surface area contributed by atoms with Crippen molar-refractivity contribution in [2.24, 2.45) is 7.05 Å². The summed E-state index contributed by atoms with van der Waals surface area (Å²) < 4.78 is 8.14. The van der Waals surface area contributed by atoms with Crippen LogP contribution in [-0.2, 0) is 11.8 Å². The SMILES string of the molecule is Cc1cc([C@H]2[C@@H](c3ccccn3)NC(=S)N2C[C@@H]2CCCO2)c(C)n1C. The molecule has 2 aliphatic heterocycles. The summed E-state index contributed by atoms with van der Waals surface area (Å²) in [6.07, 6.45) is 4.34. The van der Waals surface area contributed by atoms with Crippen molar-refractivity contribution in [1.29, 1.82) is 0 Å². The first-order valence-electron chi connectivity index (χ1n) is 9.28. The zero-order chi connectivity index (χ0) is 18.3. The number of pyridine rings is 1. The molecule has 4 rings (SSSR count). The third-order valence-electron chi connectivity index (χ3n) is 5.76. The number of thiocarbonyl (C=S) groups is 1. The minimum atomic E-state index is 0.0469. The molecule has 6 heteroatoms. The lowest BCUT2D eigenvalue weighted by atomic mass is 9.96. The van der Waals surface area contributed by atoms with Crippen molar-refractivity contribution in [3.63, 3.8) is 0 Å². The van der Waals surface area contributed by atoms with E-state index in [4.69, 9.17) is 17.0 Å². The van der Waals surface area contributed by atoms with Crippen LogP contribution in [0.1, 0.15) is 47.6 Å². The van der Waals surface area contributed by atoms with Gasteiger partial charge in [-0.05, 0) is 62.7 Å². The number of rotatable bonds is 4. The summed E-state index contributed by atoms with van der Waals surface area (Å²) in [6, 6.07) is 8.53. The minimum absolute atomic E-state index is 0.0469. The molecule has 2 saturated heterocycles. The Labute approximate surface area is 160 Å². The largest absolute Gasteiger partial charge is 0.376 e. The van der Waals surface area contributed by atoms with Crippen LogP contribution in [0.4, 0.5) is 0 Å². The van der Waals surface area contributed by atoms with Crippen molar-refractivity contribution in [3.05, 3.63) is 53.1 Å². The topological polar surface area (TPSA) is 42.3 Å². The van der Waals surface area contributed by atoms with Gasteiger partial charge in [0.05, 0.1) is 23.9 Å². The summed E-state index contributed by atoms with van der Waals surface area (Å²) in [5.41, 5.74) is 4.87. The Morgan fingerprint density at radius 1 is 1.35 bits per heavy atom. The predicted molar refractivity (Wildman–Crippen MR) is 106 cm³/mol. The molecular weight excluding hydrogens is 344 g/mol. The van der Waals surface area contributed by atoms with Crippen LogP contribution in [0.5, 0.6) is 0 Å². The van der Waals surface area contributed by atoms with Gasteiger partial charge in [-0.3, -0.25) is 4.98 Å². The van der Waals surface area contributed by atoms with Crippen LogP contribution in [0.3, 0.4) is 0 Å². The molecule has 0 bridgehead atoms. The first kappa shape index (κ1) is 17.5. The highest BCUT2D eigenvalue weighted by Gasteiger charge is 2.42. The van der Waals surface area contributed by atoms with E-state index in [9.17, 15) is 0 Å². The first-order valence-corrected chi connectivity index (χ1v) is 9.69. The Morgan fingerprint density at radius 2 is 2.19 bits per heavy atom. The number of ether oxygens (including phenoxy) is 1. The summed E-state index contributed by atoms with van der Waals surface area (Å²) >= 11 is 5.74. The minimum Gasteiger partial charge on any atom is -0.376 e. The van der Waals surface area contributed by atoms with Crippen molar-refractivity contribution in [1.82, 2.24) is 19.8 Å². The highest BCUT2D eigenvalue weighted by Crippen LogP contribution is 2.41. The molecule has 2 fully saturated rings. The van der Waals surface area contributed by atoms with Gasteiger partial charge in [-0.1, -0.05) is 6.07 Å². The van der Waals surface area contributed by atoms with Crippen LogP contribution in [0, 0.1) is 13.8 Å². The molecule has 1 N–H and O–H groups in total. The van der Waals surface area contributed by atoms with Gasteiger partial charge in [0.2, 0.25) is 0 Å². The zero-order valence-corrected chi connectivity index (χ0v) is 16.4. The van der Waals surface area contributed by atoms with Crippen molar-refractivity contribution in [3.8, 4) is 0 Å². The molecule has 0 amide bonds. The fraction of sp³-hybridized carbons (Fsp3) is 0.500. The monoisotopic (exact) mass is 370 g/mol. The Kier molecular flexibility index (Phi) is 4.71. The molecule has 5 nitrogen and oxygen atoms in total. The molecule has 138 valence electrons. The maximum atomic E-state index is 5.90. The van der Waals surface area contributed by atoms with Gasteiger partial charge in [-0.2, -0.15) is 0 Å². The van der Waals surface area contributed by atoms with E-state index in [1.165, 1.54) is 17.0 Å². The van der Waals surface area contributed by atoms with Gasteiger partial charge in [0.15, 0.2) is 5.11 Å². The highest BCUT2D eigenvalue weighted by molar-refractivity contribution is 7.80. The smallest absolute Gasteiger partial charge is 0.170 e. The van der Waals surface area contributed by atoms with Crippen LogP contribution >= 0.6 is 12.2 Å². The number of hydrogen-bond acceptors (Lipinski definition) is 3. The maximum Gasteiger partial charge on any atom is 0.170 e. The van der Waals surface area contributed by atoms with E-state index in [1.54, 1.807) is 0 Å². The number of hydrogen-bond donors (Lipinski definition) is 1. The summed E-state index contributed by atoms with van der Waals surface area (Å²) in [6.45, 7) is 6.02. The number of nitrogens with one attached hydrogen (secondary N) is 1. The second-order valence-electron chi connectivity index (χ2n) is 7.30. The molecule has 0 aliphatic carbocycles. The third kappa shape index (κ3) is 3.01. The molecule has 0 radical (unpaired) electrons. The summed E-state index contributed by atoms with van der Waals surface area (Å²) in [5, 5.41) is 4.32. The van der Waals surface area contributed by atoms with Gasteiger partial charge in [-0.25, -0.2) is 0 Å². The number of nitrogens with zero attached hydrogens (tertiary/aromatic N) is 3. The number of aryl methyl sites for hydroxylation is 1. The fourth-order valence-corrected chi connectivity index (χ4v) is 4.45. The predicted octanol–water partition coefficient (Wildman–Crippen LogP) is 3.19. The van der Waals surface area contributed by atoms with E-state index >= 15 is 0 Å². The Bertz CT molecular complexity index is 798. The Hall–Kier alpha value is -1.92. The third-order valence-corrected chi connectivity index (χ3v) is 6.11. The zero-order valence-electron chi connectivity index (χ0n) is 15.6. The normalized spacial score (nSPS) is 25.7. The second kappa shape index (κ2) is 7.00. The second-order valence-corrected chi connectivity index (χ2v) is 7.69. The number of aromatic nitrogens is 2. The maximum absolute atomic E-state index is 5.90. The highest BCUT2D eigenvalue weighted by atomic mass is 32.1. The molecule has 26 heavy (non-hydrogen) atoms. The van der Waals surface area contributed by atoms with E-state index in [1.807, 2.05) is 18.3 Å². The van der Waals surface area contributed by atoms with Gasteiger partial charge < -0.3 is 19.5 Å². The molecule has 0 aromatic carbocycles. The Morgan fingerprint density at radius 3 is 2.81 bits per heavy atom. The van der Waals surface area contributed by atoms with Crippen molar-refractivity contribution in [2.45, 2.75) is 44.9 Å². The van der Waals surface area contributed by atoms with Gasteiger partial charge in [0, 0.05) is 37.8 Å². The molecule has 2 aliphatic rings. The van der Waals surface area contributed by atoms with E-state index in [-0.39, 0.29) is 18.2 Å². The lowest BCUT2D eigenvalue weighted by molar-refractivity contribution is 0.0842. The lowest BCUT2D eigenvalue weighted by Crippen LogP contribution is -2.36. The van der Waals surface area contributed by atoms with Gasteiger partial charge in [0.25, 0.3) is 0 Å². The molecule has 2 aromatic heterocycles. The van der Waals surface area contributed by atoms with Crippen molar-refractivity contribution >= 4 is 17.3 Å². The fourth-order valence-electron chi connectivity index (χ4n) is 4.13. The van der Waals surface area contributed by atoms with Gasteiger partial charge in [0.1, 0.15) is 0 Å². The first-order chi connectivity index (χ1) is 12.6. The van der Waals surface area contributed by atoms with Crippen LogP contribution in [0.25, 0.3) is 0 Å². The molecule has 2 aromatic rings. The van der Waals surface area contributed by atoms with Crippen LogP contribution in [-0.4, -0.2) is 38.8 Å². The quantitative estimate of drug-likeness (QED) is 0.837. The Balaban J connectivity index is 1.74. The lowest BCUT2D eigenvalue weighted by Gasteiger charge is -2.29. The van der Waals surface area contributed by atoms with Crippen molar-refractivity contribution in [2.75, 3.05) is 13.2 Å². The van der Waals surface area contributed by atoms with Gasteiger partial charge >= 0.3 is 0 Å². The van der Waals surface area contributed by atoms with Crippen LogP contribution in [0.15, 0.2) is 30.5 Å². The van der Waals surface area contributed by atoms with Crippen LogP contribution in [0.2, 0.25) is 0 Å². The standard InChI is InChI=1S/C20H26N4OS/c1-13-11-16(14(2)23(13)3)19-18(17-8-4-5-9-21-17)22-20(26)24(19)12-15-7-6-10-25-15/h4-5,8-9,11,15,18-19H,6-7,10,12H2,1-3H3,(H,22,26)/t15-,18+,19-/m0/s1. The van der Waals surface area contributed by atoms with Gasteiger partial charge in [-0.15, -0.1) is 0 Å². The van der Waals surface area contributed by atoms with E-state index in [2.05, 4.69) is 52.8 Å². The molecular formula is C20H26N4OS. The summed E-state index contributed by atoms with van der Waals surface area (Å²) in [7, 11) is 2.12. The van der Waals surface area contributed by atoms with E-state index in [0.717, 1.165) is 36.8 Å². The van der Waals surface area contributed by atoms with Crippen LogP contribution < -0.4 is 5.32 Å². The summed E-state index contributed by atoms with van der Waals surface area (Å²) in [5.74, 6) is 0. The molecule has 0 saturated carbocycles. The average molecular weight is 371 g/mol. The molecule has 0 unspecified atom stereocenters. The van der Waals surface area contributed by atoms with E-state index in [0.29, 0.717) is 0 Å². The average Bonchev–Trinajstić information content (AvgIpc) is 3.33. The summed E-state index contributed by atoms with van der Waals surface area (Å²) in [4.78, 5) is 6.92. The van der Waals surface area contributed by atoms with Crippen molar-refractivity contribution < 1.29 is 4.74 Å². The molecule has 4 heterocycles. The van der Waals surface area contributed by atoms with E-state index < -0.39 is 0 Å².